The zero-order valence-corrected chi connectivity index (χ0v) is 18.9. The van der Waals surface area contributed by atoms with Gasteiger partial charge in [-0.15, -0.1) is 46.5 Å². The molecule has 0 radical (unpaired) electrons. The van der Waals surface area contributed by atoms with E-state index in [-0.39, 0.29) is 26.2 Å². The summed E-state index contributed by atoms with van der Waals surface area (Å²) >= 11 is 0. The molecule has 0 N–H and O–H groups in total. The smallest absolute Gasteiger partial charge is 0 e. The van der Waals surface area contributed by atoms with Crippen molar-refractivity contribution in [3.8, 4) is 22.3 Å². The molecule has 0 spiro atoms. The van der Waals surface area contributed by atoms with Crippen molar-refractivity contribution in [3.05, 3.63) is 134 Å². The van der Waals surface area contributed by atoms with Crippen LogP contribution in [0.2, 0.25) is 0 Å². The molecule has 4 aliphatic rings. The first-order valence-corrected chi connectivity index (χ1v) is 9.48. The van der Waals surface area contributed by atoms with Gasteiger partial charge in [-0.3, -0.25) is 0 Å². The van der Waals surface area contributed by atoms with Crippen LogP contribution >= 0.6 is 0 Å². The molecule has 0 saturated carbocycles. The molecule has 0 bridgehead atoms. The molecule has 0 aliphatic heterocycles. The number of allylic oxidation sites excluding steroid dienone is 1. The van der Waals surface area contributed by atoms with E-state index in [9.17, 15) is 0 Å². The maximum absolute atomic E-state index is 3.66. The summed E-state index contributed by atoms with van der Waals surface area (Å²) < 4.78 is 0. The van der Waals surface area contributed by atoms with Crippen LogP contribution in [0.1, 0.15) is 12.0 Å². The molecule has 1 aromatic rings. The van der Waals surface area contributed by atoms with Crippen molar-refractivity contribution in [2.24, 2.45) is 0 Å². The van der Waals surface area contributed by atoms with E-state index >= 15 is 0 Å². The van der Waals surface area contributed by atoms with Crippen molar-refractivity contribution in [1.29, 1.82) is 0 Å². The van der Waals surface area contributed by atoms with Crippen molar-refractivity contribution in [2.75, 3.05) is 0 Å². The third-order valence-corrected chi connectivity index (χ3v) is 4.31. The van der Waals surface area contributed by atoms with Crippen molar-refractivity contribution in [2.45, 2.75) is 6.42 Å². The quantitative estimate of drug-likeness (QED) is 0.241. The topological polar surface area (TPSA) is 0 Å². The molecule has 1 aromatic carbocycles. The van der Waals surface area contributed by atoms with Crippen LogP contribution < -0.4 is 0 Å². The Morgan fingerprint density at radius 1 is 0.655 bits per heavy atom. The summed E-state index contributed by atoms with van der Waals surface area (Å²) in [6.45, 7) is 3.66. The molecule has 0 fully saturated rings. The maximum Gasteiger partial charge on any atom is 0 e. The first-order valence-electron chi connectivity index (χ1n) is 9.48. The van der Waals surface area contributed by atoms with Crippen molar-refractivity contribution >= 4 is 6.08 Å². The molecule has 0 amide bonds. The molecule has 0 nitrogen and oxygen atoms in total. The second kappa shape index (κ2) is 12.9. The van der Waals surface area contributed by atoms with Crippen molar-refractivity contribution in [1.82, 2.24) is 0 Å². The minimum absolute atomic E-state index is 0. The van der Waals surface area contributed by atoms with Gasteiger partial charge in [0.05, 0.1) is 0 Å². The first-order chi connectivity index (χ1) is 13.9. The summed E-state index contributed by atoms with van der Waals surface area (Å²) in [6.07, 6.45) is 5.71. The Hall–Kier alpha value is -2.50. The van der Waals surface area contributed by atoms with Gasteiger partial charge >= 0.3 is 0 Å². The summed E-state index contributed by atoms with van der Waals surface area (Å²) in [5.74, 6) is 0. The Bertz CT molecular complexity index is 889. The van der Waals surface area contributed by atoms with Crippen molar-refractivity contribution in [3.63, 3.8) is 0 Å². The molecule has 1 heteroatoms. The minimum atomic E-state index is 0. The standard InChI is InChI=1S/C10H10.2C9H7.Zr/c1-2-3-7-10-8-5-4-6-9-10;2*1-2-5-9-7-3-6-8(9)4-1;/h4-9H,1-2H2;2*1-7H;/q-2;2*-1;. The zero-order chi connectivity index (χ0) is 19.4. The Morgan fingerprint density at radius 2 is 1.17 bits per heavy atom. The van der Waals surface area contributed by atoms with Gasteiger partial charge in [-0.25, -0.2) is 12.5 Å². The normalized spacial score (nSPS) is 9.97. The Balaban J connectivity index is 0.000000153. The van der Waals surface area contributed by atoms with E-state index < -0.39 is 0 Å². The third kappa shape index (κ3) is 7.44. The van der Waals surface area contributed by atoms with Gasteiger partial charge in [0.25, 0.3) is 0 Å². The second-order valence-corrected chi connectivity index (χ2v) is 6.32. The molecule has 144 valence electrons. The average molecular weight is 452 g/mol. The summed E-state index contributed by atoms with van der Waals surface area (Å²) in [6, 6.07) is 39.5. The van der Waals surface area contributed by atoms with Crippen LogP contribution in [0.3, 0.4) is 0 Å². The summed E-state index contributed by atoms with van der Waals surface area (Å²) in [7, 11) is 0. The van der Waals surface area contributed by atoms with Crippen LogP contribution in [0, 0.1) is 13.0 Å². The van der Waals surface area contributed by atoms with Crippen LogP contribution in [0.5, 0.6) is 0 Å². The van der Waals surface area contributed by atoms with E-state index in [2.05, 4.69) is 97.9 Å². The van der Waals surface area contributed by atoms with Gasteiger partial charge < -0.3 is 13.0 Å². The van der Waals surface area contributed by atoms with Gasteiger partial charge in [-0.05, 0) is 0 Å². The van der Waals surface area contributed by atoms with Crippen LogP contribution in [0.25, 0.3) is 28.3 Å². The summed E-state index contributed by atoms with van der Waals surface area (Å²) in [4.78, 5) is 0. The molecule has 0 aromatic heterocycles. The van der Waals surface area contributed by atoms with E-state index in [0.717, 1.165) is 6.42 Å². The number of hydrogen-bond donors (Lipinski definition) is 0. The summed E-state index contributed by atoms with van der Waals surface area (Å²) in [5, 5.41) is 0. The molecule has 0 saturated heterocycles. The third-order valence-electron chi connectivity index (χ3n) is 4.31. The number of fused-ring (bicyclic) bond motifs is 2. The Kier molecular flexibility index (Phi) is 10.1. The number of rotatable bonds is 2. The monoisotopic (exact) mass is 450 g/mol. The predicted molar refractivity (Wildman–Crippen MR) is 121 cm³/mol. The molecular weight excluding hydrogens is 428 g/mol. The fraction of sp³-hybridized carbons (Fsp3) is 0.0357. The van der Waals surface area contributed by atoms with Gasteiger partial charge in [0.2, 0.25) is 0 Å². The molecular formula is C28H24Zr-4. The van der Waals surface area contributed by atoms with Crippen LogP contribution in [-0.2, 0) is 26.2 Å². The van der Waals surface area contributed by atoms with Gasteiger partial charge in [-0.1, -0.05) is 42.5 Å². The number of hydrogen-bond acceptors (Lipinski definition) is 0. The van der Waals surface area contributed by atoms with Crippen LogP contribution in [0.15, 0.2) is 115 Å². The largest absolute Gasteiger partial charge is 0.357 e. The van der Waals surface area contributed by atoms with Gasteiger partial charge in [0.15, 0.2) is 0 Å². The second-order valence-electron chi connectivity index (χ2n) is 6.32. The summed E-state index contributed by atoms with van der Waals surface area (Å²) in [5.41, 5.74) is 6.51. The predicted octanol–water partition coefficient (Wildman–Crippen LogP) is 7.75. The van der Waals surface area contributed by atoms with Gasteiger partial charge in [-0.2, -0.15) is 54.1 Å². The molecule has 5 rings (SSSR count). The van der Waals surface area contributed by atoms with E-state index in [4.69, 9.17) is 0 Å². The molecule has 4 aliphatic carbocycles. The van der Waals surface area contributed by atoms with E-state index in [1.165, 1.54) is 27.8 Å². The van der Waals surface area contributed by atoms with E-state index in [1.54, 1.807) is 0 Å². The Morgan fingerprint density at radius 3 is 1.66 bits per heavy atom. The van der Waals surface area contributed by atoms with Gasteiger partial charge in [0.1, 0.15) is 0 Å². The zero-order valence-electron chi connectivity index (χ0n) is 16.5. The van der Waals surface area contributed by atoms with Gasteiger partial charge in [0, 0.05) is 26.2 Å². The van der Waals surface area contributed by atoms with E-state index in [1.807, 2.05) is 36.4 Å². The molecule has 0 unspecified atom stereocenters. The van der Waals surface area contributed by atoms with E-state index in [0.29, 0.717) is 0 Å². The SMILES string of the molecule is [CH2-]C[C-]=Cc1ccccc1.[Zr].c1cc2cc[cH-]cc-2c1.c1cc2cc[cH-]cc-2c1. The van der Waals surface area contributed by atoms with Crippen LogP contribution in [-0.4, -0.2) is 0 Å². The molecule has 29 heavy (non-hydrogen) atoms. The van der Waals surface area contributed by atoms with Crippen LogP contribution in [0.4, 0.5) is 0 Å². The minimum Gasteiger partial charge on any atom is -0.357 e. The maximum atomic E-state index is 3.66. The molecule has 0 atom stereocenters. The van der Waals surface area contributed by atoms with Crippen molar-refractivity contribution < 1.29 is 26.2 Å². The number of benzene rings is 3. The fourth-order valence-electron chi connectivity index (χ4n) is 2.88. The fourth-order valence-corrected chi connectivity index (χ4v) is 2.88. The molecule has 0 heterocycles. The Labute approximate surface area is 194 Å². The first kappa shape index (κ1) is 22.8. The average Bonchev–Trinajstić information content (AvgIpc) is 3.43.